The summed E-state index contributed by atoms with van der Waals surface area (Å²) in [5.41, 5.74) is 3.80. The lowest BCUT2D eigenvalue weighted by Gasteiger charge is -2.30. The van der Waals surface area contributed by atoms with Crippen molar-refractivity contribution in [1.82, 2.24) is 10.2 Å². The van der Waals surface area contributed by atoms with Crippen molar-refractivity contribution in [3.8, 4) is 0 Å². The summed E-state index contributed by atoms with van der Waals surface area (Å²) in [4.78, 5) is 41.5. The molecule has 2 aliphatic rings. The number of para-hydroxylation sites is 1. The van der Waals surface area contributed by atoms with Gasteiger partial charge in [0.1, 0.15) is 0 Å². The average Bonchev–Trinajstić information content (AvgIpc) is 2.89. The van der Waals surface area contributed by atoms with Gasteiger partial charge in [-0.15, -0.1) is 0 Å². The van der Waals surface area contributed by atoms with Gasteiger partial charge in [-0.05, 0) is 49.1 Å². The molecule has 2 aliphatic heterocycles. The van der Waals surface area contributed by atoms with Crippen molar-refractivity contribution >= 4 is 29.3 Å². The number of amides is 3. The Labute approximate surface area is 211 Å². The zero-order valence-corrected chi connectivity index (χ0v) is 20.7. The summed E-state index contributed by atoms with van der Waals surface area (Å²) in [6.07, 6.45) is 2.08. The van der Waals surface area contributed by atoms with Crippen LogP contribution in [0.2, 0.25) is 0 Å². The van der Waals surface area contributed by atoms with E-state index in [1.54, 1.807) is 24.0 Å². The second-order valence-corrected chi connectivity index (χ2v) is 8.93. The number of carbonyl (C=O) groups excluding carboxylic acids is 3. The van der Waals surface area contributed by atoms with Crippen LogP contribution in [-0.4, -0.2) is 68.8 Å². The van der Waals surface area contributed by atoms with Gasteiger partial charge in [0.05, 0.1) is 38.8 Å². The SMILES string of the molecule is CCOC(=O)CC(NC(=O)N1CCOCC1)c1ccc(NC(=O)CN2CCCc3ccccc32)cc1. The number of anilines is 2. The van der Waals surface area contributed by atoms with Crippen LogP contribution >= 0.6 is 0 Å². The van der Waals surface area contributed by atoms with Crippen LogP contribution in [0.15, 0.2) is 48.5 Å². The number of esters is 1. The van der Waals surface area contributed by atoms with E-state index in [-0.39, 0.29) is 37.5 Å². The molecule has 192 valence electrons. The van der Waals surface area contributed by atoms with Crippen LogP contribution in [0.4, 0.5) is 16.2 Å². The first-order valence-electron chi connectivity index (χ1n) is 12.5. The molecule has 1 unspecified atom stereocenters. The Balaban J connectivity index is 1.39. The number of carbonyl (C=O) groups is 3. The number of rotatable bonds is 8. The molecule has 2 aromatic carbocycles. The van der Waals surface area contributed by atoms with E-state index in [0.29, 0.717) is 32.0 Å². The first-order valence-corrected chi connectivity index (χ1v) is 12.5. The van der Waals surface area contributed by atoms with E-state index in [0.717, 1.165) is 30.6 Å². The maximum absolute atomic E-state index is 12.8. The molecule has 36 heavy (non-hydrogen) atoms. The number of morpholine rings is 1. The predicted molar refractivity (Wildman–Crippen MR) is 137 cm³/mol. The van der Waals surface area contributed by atoms with Gasteiger partial charge >= 0.3 is 12.0 Å². The smallest absolute Gasteiger partial charge is 0.318 e. The fraction of sp³-hybridized carbons (Fsp3) is 0.444. The minimum atomic E-state index is -0.547. The monoisotopic (exact) mass is 494 g/mol. The molecule has 9 nitrogen and oxygen atoms in total. The normalized spacial score (nSPS) is 16.0. The third-order valence-electron chi connectivity index (χ3n) is 6.41. The van der Waals surface area contributed by atoms with Gasteiger partial charge in [0.15, 0.2) is 0 Å². The quantitative estimate of drug-likeness (QED) is 0.547. The van der Waals surface area contributed by atoms with Gasteiger partial charge in [-0.3, -0.25) is 9.59 Å². The summed E-state index contributed by atoms with van der Waals surface area (Å²) in [7, 11) is 0. The van der Waals surface area contributed by atoms with Crippen molar-refractivity contribution < 1.29 is 23.9 Å². The molecule has 4 rings (SSSR count). The Morgan fingerprint density at radius 3 is 2.53 bits per heavy atom. The zero-order chi connectivity index (χ0) is 25.3. The molecule has 0 spiro atoms. The molecule has 0 aromatic heterocycles. The van der Waals surface area contributed by atoms with E-state index >= 15 is 0 Å². The number of hydrogen-bond donors (Lipinski definition) is 2. The lowest BCUT2D eigenvalue weighted by Crippen LogP contribution is -2.47. The molecular weight excluding hydrogens is 460 g/mol. The van der Waals surface area contributed by atoms with E-state index in [1.165, 1.54) is 5.56 Å². The molecule has 1 saturated heterocycles. The second-order valence-electron chi connectivity index (χ2n) is 8.93. The minimum absolute atomic E-state index is 0.0179. The van der Waals surface area contributed by atoms with Crippen LogP contribution in [0.3, 0.4) is 0 Å². The lowest BCUT2D eigenvalue weighted by atomic mass is 10.0. The van der Waals surface area contributed by atoms with Crippen molar-refractivity contribution in [2.24, 2.45) is 0 Å². The van der Waals surface area contributed by atoms with Gasteiger partial charge in [0, 0.05) is 31.0 Å². The summed E-state index contributed by atoms with van der Waals surface area (Å²) in [6, 6.07) is 14.6. The van der Waals surface area contributed by atoms with Gasteiger partial charge in [0.2, 0.25) is 5.91 Å². The first-order chi connectivity index (χ1) is 17.5. The molecule has 2 aromatic rings. The van der Waals surface area contributed by atoms with E-state index in [4.69, 9.17) is 9.47 Å². The van der Waals surface area contributed by atoms with E-state index in [1.807, 2.05) is 24.3 Å². The number of nitrogens with zero attached hydrogens (tertiary/aromatic N) is 2. The molecule has 3 amide bonds. The van der Waals surface area contributed by atoms with Crippen LogP contribution in [-0.2, 0) is 25.5 Å². The van der Waals surface area contributed by atoms with Gasteiger partial charge < -0.3 is 29.9 Å². The Hall–Kier alpha value is -3.59. The summed E-state index contributed by atoms with van der Waals surface area (Å²) in [5.74, 6) is -0.480. The fourth-order valence-corrected chi connectivity index (χ4v) is 4.59. The molecule has 0 bridgehead atoms. The summed E-state index contributed by atoms with van der Waals surface area (Å²) in [6.45, 7) is 5.14. The van der Waals surface area contributed by atoms with Crippen LogP contribution in [0.1, 0.15) is 36.9 Å². The maximum Gasteiger partial charge on any atom is 0.318 e. The third-order valence-corrected chi connectivity index (χ3v) is 6.41. The van der Waals surface area contributed by atoms with Crippen LogP contribution in [0.25, 0.3) is 0 Å². The molecule has 1 fully saturated rings. The van der Waals surface area contributed by atoms with Crippen LogP contribution < -0.4 is 15.5 Å². The first kappa shape index (κ1) is 25.5. The zero-order valence-electron chi connectivity index (χ0n) is 20.7. The molecular formula is C27H34N4O5. The standard InChI is InChI=1S/C27H34N4O5/c1-2-36-26(33)18-23(29-27(34)30-14-16-35-17-15-30)20-9-11-22(12-10-20)28-25(32)19-31-13-5-7-21-6-3-4-8-24(21)31/h3-4,6,8-12,23H,2,5,7,13-19H2,1H3,(H,28,32)(H,29,34). The number of urea groups is 1. The maximum atomic E-state index is 12.8. The number of benzene rings is 2. The van der Waals surface area contributed by atoms with Gasteiger partial charge in [-0.1, -0.05) is 30.3 Å². The van der Waals surface area contributed by atoms with Crippen molar-refractivity contribution in [2.75, 3.05) is 56.2 Å². The Morgan fingerprint density at radius 1 is 1.03 bits per heavy atom. The van der Waals surface area contributed by atoms with Gasteiger partial charge in [-0.2, -0.15) is 0 Å². The summed E-state index contributed by atoms with van der Waals surface area (Å²) < 4.78 is 10.4. The average molecular weight is 495 g/mol. The van der Waals surface area contributed by atoms with Crippen LogP contribution in [0.5, 0.6) is 0 Å². The molecule has 0 aliphatic carbocycles. The van der Waals surface area contributed by atoms with Crippen molar-refractivity contribution in [3.63, 3.8) is 0 Å². The minimum Gasteiger partial charge on any atom is -0.466 e. The van der Waals surface area contributed by atoms with Gasteiger partial charge in [0.25, 0.3) is 0 Å². The molecule has 0 radical (unpaired) electrons. The molecule has 2 N–H and O–H groups in total. The van der Waals surface area contributed by atoms with Crippen LogP contribution in [0, 0.1) is 0 Å². The van der Waals surface area contributed by atoms with Gasteiger partial charge in [-0.25, -0.2) is 4.79 Å². The largest absolute Gasteiger partial charge is 0.466 e. The van der Waals surface area contributed by atoms with E-state index in [2.05, 4.69) is 27.7 Å². The second kappa shape index (κ2) is 12.4. The highest BCUT2D eigenvalue weighted by atomic mass is 16.5. The number of hydrogen-bond acceptors (Lipinski definition) is 6. The summed E-state index contributed by atoms with van der Waals surface area (Å²) in [5, 5.41) is 5.91. The summed E-state index contributed by atoms with van der Waals surface area (Å²) >= 11 is 0. The highest BCUT2D eigenvalue weighted by Crippen LogP contribution is 2.26. The Bertz CT molecular complexity index is 1050. The Kier molecular flexibility index (Phi) is 8.78. The molecule has 1 atom stereocenters. The lowest BCUT2D eigenvalue weighted by molar-refractivity contribution is -0.143. The number of ether oxygens (including phenoxy) is 2. The van der Waals surface area contributed by atoms with E-state index in [9.17, 15) is 14.4 Å². The van der Waals surface area contributed by atoms with Crippen molar-refractivity contribution in [1.29, 1.82) is 0 Å². The van der Waals surface area contributed by atoms with Crippen molar-refractivity contribution in [2.45, 2.75) is 32.2 Å². The third kappa shape index (κ3) is 6.75. The van der Waals surface area contributed by atoms with E-state index < -0.39 is 6.04 Å². The van der Waals surface area contributed by atoms with Crippen molar-refractivity contribution in [3.05, 3.63) is 59.7 Å². The number of nitrogens with one attached hydrogen (secondary N) is 2. The predicted octanol–water partition coefficient (Wildman–Crippen LogP) is 3.11. The number of fused-ring (bicyclic) bond motifs is 1. The molecule has 0 saturated carbocycles. The molecule has 9 heteroatoms. The fourth-order valence-electron chi connectivity index (χ4n) is 4.59. The molecule has 2 heterocycles. The highest BCUT2D eigenvalue weighted by Gasteiger charge is 2.24. The topological polar surface area (TPSA) is 100 Å². The number of aryl methyl sites for hydroxylation is 1. The Morgan fingerprint density at radius 2 is 1.78 bits per heavy atom. The highest BCUT2D eigenvalue weighted by molar-refractivity contribution is 5.94.